The highest BCUT2D eigenvalue weighted by molar-refractivity contribution is 7.90. The number of benzene rings is 1. The minimum Gasteiger partial charge on any atom is -0.386 e. The summed E-state index contributed by atoms with van der Waals surface area (Å²) in [4.78, 5) is 4.22. The SMILES string of the molecule is CS(=O)(=O)c1ccc([C@@H](O)Cn2nccc2-c2ccncc2)cc1. The second kappa shape index (κ2) is 6.54. The summed E-state index contributed by atoms with van der Waals surface area (Å²) in [5.41, 5.74) is 2.48. The molecule has 1 aromatic carbocycles. The van der Waals surface area contributed by atoms with E-state index >= 15 is 0 Å². The van der Waals surface area contributed by atoms with Gasteiger partial charge in [0, 0.05) is 30.4 Å². The highest BCUT2D eigenvalue weighted by atomic mass is 32.2. The molecule has 0 aliphatic heterocycles. The molecule has 124 valence electrons. The smallest absolute Gasteiger partial charge is 0.175 e. The second-order valence-corrected chi connectivity index (χ2v) is 7.51. The third-order valence-electron chi connectivity index (χ3n) is 3.73. The van der Waals surface area contributed by atoms with Gasteiger partial charge in [-0.1, -0.05) is 12.1 Å². The molecule has 2 heterocycles. The van der Waals surface area contributed by atoms with Crippen LogP contribution in [-0.2, 0) is 16.4 Å². The molecule has 7 heteroatoms. The van der Waals surface area contributed by atoms with E-state index in [1.807, 2.05) is 18.2 Å². The number of hydrogen-bond acceptors (Lipinski definition) is 5. The van der Waals surface area contributed by atoms with Crippen LogP contribution in [0.25, 0.3) is 11.3 Å². The zero-order valence-electron chi connectivity index (χ0n) is 13.1. The van der Waals surface area contributed by atoms with E-state index < -0.39 is 15.9 Å². The standard InChI is InChI=1S/C17H17N3O3S/c1-24(22,23)15-4-2-14(3-5-15)17(21)12-20-16(8-11-19-20)13-6-9-18-10-7-13/h2-11,17,21H,12H2,1H3/t17-/m0/s1. The molecule has 0 aliphatic rings. The highest BCUT2D eigenvalue weighted by Gasteiger charge is 2.14. The monoisotopic (exact) mass is 343 g/mol. The van der Waals surface area contributed by atoms with Crippen molar-refractivity contribution in [2.24, 2.45) is 0 Å². The maximum absolute atomic E-state index is 11.5. The van der Waals surface area contributed by atoms with E-state index in [2.05, 4.69) is 10.1 Å². The Kier molecular flexibility index (Phi) is 4.46. The van der Waals surface area contributed by atoms with Crippen molar-refractivity contribution < 1.29 is 13.5 Å². The van der Waals surface area contributed by atoms with Crippen molar-refractivity contribution >= 4 is 9.84 Å². The lowest BCUT2D eigenvalue weighted by Gasteiger charge is -2.14. The van der Waals surface area contributed by atoms with Crippen LogP contribution in [0.3, 0.4) is 0 Å². The molecule has 0 fully saturated rings. The van der Waals surface area contributed by atoms with Gasteiger partial charge in [0.05, 0.1) is 23.2 Å². The van der Waals surface area contributed by atoms with Gasteiger partial charge in [-0.3, -0.25) is 9.67 Å². The van der Waals surface area contributed by atoms with E-state index in [0.717, 1.165) is 17.5 Å². The molecule has 0 saturated carbocycles. The molecule has 3 aromatic rings. The predicted molar refractivity (Wildman–Crippen MR) is 90.0 cm³/mol. The predicted octanol–water partition coefficient (Wildman–Crippen LogP) is 2.08. The summed E-state index contributed by atoms with van der Waals surface area (Å²) in [6.07, 6.45) is 5.44. The molecule has 24 heavy (non-hydrogen) atoms. The lowest BCUT2D eigenvalue weighted by molar-refractivity contribution is 0.152. The van der Waals surface area contributed by atoms with E-state index in [4.69, 9.17) is 0 Å². The van der Waals surface area contributed by atoms with Gasteiger partial charge in [-0.25, -0.2) is 8.42 Å². The Balaban J connectivity index is 1.81. The maximum atomic E-state index is 11.5. The summed E-state index contributed by atoms with van der Waals surface area (Å²) in [5, 5.41) is 14.7. The molecule has 1 atom stereocenters. The molecule has 0 amide bonds. The molecule has 0 bridgehead atoms. The Morgan fingerprint density at radius 2 is 1.71 bits per heavy atom. The first kappa shape index (κ1) is 16.4. The number of aliphatic hydroxyl groups excluding tert-OH is 1. The third-order valence-corrected chi connectivity index (χ3v) is 4.86. The highest BCUT2D eigenvalue weighted by Crippen LogP contribution is 2.22. The molecule has 0 saturated heterocycles. The normalized spacial score (nSPS) is 12.9. The Labute approximate surface area is 140 Å². The van der Waals surface area contributed by atoms with E-state index in [-0.39, 0.29) is 11.4 Å². The van der Waals surface area contributed by atoms with Crippen LogP contribution < -0.4 is 0 Å². The molecule has 0 aliphatic carbocycles. The molecule has 2 aromatic heterocycles. The summed E-state index contributed by atoms with van der Waals surface area (Å²) in [5.74, 6) is 0. The fourth-order valence-corrected chi connectivity index (χ4v) is 3.08. The Hall–Kier alpha value is -2.51. The first-order chi connectivity index (χ1) is 11.4. The topological polar surface area (TPSA) is 85.1 Å². The number of aliphatic hydroxyl groups is 1. The lowest BCUT2D eigenvalue weighted by atomic mass is 10.1. The van der Waals surface area contributed by atoms with Crippen molar-refractivity contribution in [2.45, 2.75) is 17.5 Å². The lowest BCUT2D eigenvalue weighted by Crippen LogP contribution is -2.11. The molecule has 0 radical (unpaired) electrons. The van der Waals surface area contributed by atoms with Crippen molar-refractivity contribution in [1.29, 1.82) is 0 Å². The van der Waals surface area contributed by atoms with Gasteiger partial charge in [0.15, 0.2) is 9.84 Å². The fraction of sp³-hybridized carbons (Fsp3) is 0.176. The molecule has 3 rings (SSSR count). The van der Waals surface area contributed by atoms with Gasteiger partial charge in [0.2, 0.25) is 0 Å². The van der Waals surface area contributed by atoms with Crippen molar-refractivity contribution in [2.75, 3.05) is 6.26 Å². The minimum atomic E-state index is -3.24. The number of sulfone groups is 1. The van der Waals surface area contributed by atoms with Crippen LogP contribution in [0.4, 0.5) is 0 Å². The van der Waals surface area contributed by atoms with Gasteiger partial charge in [-0.2, -0.15) is 5.10 Å². The van der Waals surface area contributed by atoms with Crippen molar-refractivity contribution in [3.63, 3.8) is 0 Å². The van der Waals surface area contributed by atoms with Crippen molar-refractivity contribution in [3.05, 3.63) is 66.6 Å². The van der Waals surface area contributed by atoms with Gasteiger partial charge in [-0.15, -0.1) is 0 Å². The number of hydrogen-bond donors (Lipinski definition) is 1. The largest absolute Gasteiger partial charge is 0.386 e. The van der Waals surface area contributed by atoms with E-state index in [1.165, 1.54) is 12.1 Å². The van der Waals surface area contributed by atoms with E-state index in [1.54, 1.807) is 35.4 Å². The summed E-state index contributed by atoms with van der Waals surface area (Å²) in [7, 11) is -3.24. The van der Waals surface area contributed by atoms with Gasteiger partial charge in [0.1, 0.15) is 0 Å². The van der Waals surface area contributed by atoms with Crippen LogP contribution in [-0.4, -0.2) is 34.5 Å². The van der Waals surface area contributed by atoms with Gasteiger partial charge >= 0.3 is 0 Å². The average molecular weight is 343 g/mol. The number of pyridine rings is 1. The third kappa shape index (κ3) is 3.52. The van der Waals surface area contributed by atoms with Crippen LogP contribution in [0.2, 0.25) is 0 Å². The van der Waals surface area contributed by atoms with Crippen LogP contribution >= 0.6 is 0 Å². The fourth-order valence-electron chi connectivity index (χ4n) is 2.45. The second-order valence-electron chi connectivity index (χ2n) is 5.49. The zero-order valence-corrected chi connectivity index (χ0v) is 13.9. The molecular weight excluding hydrogens is 326 g/mol. The minimum absolute atomic E-state index is 0.231. The molecule has 0 spiro atoms. The summed E-state index contributed by atoms with van der Waals surface area (Å²) >= 11 is 0. The summed E-state index contributed by atoms with van der Waals surface area (Å²) in [6.45, 7) is 0.267. The maximum Gasteiger partial charge on any atom is 0.175 e. The number of aromatic nitrogens is 3. The first-order valence-corrected chi connectivity index (χ1v) is 9.24. The average Bonchev–Trinajstić information content (AvgIpc) is 3.03. The molecule has 0 unspecified atom stereocenters. The Bertz CT molecular complexity index is 919. The quantitative estimate of drug-likeness (QED) is 0.767. The zero-order chi connectivity index (χ0) is 17.2. The molecule has 1 N–H and O–H groups in total. The first-order valence-electron chi connectivity index (χ1n) is 7.35. The van der Waals surface area contributed by atoms with Gasteiger partial charge in [-0.05, 0) is 35.9 Å². The van der Waals surface area contributed by atoms with Gasteiger partial charge in [0.25, 0.3) is 0 Å². The number of nitrogens with zero attached hydrogens (tertiary/aromatic N) is 3. The molecule has 6 nitrogen and oxygen atoms in total. The Morgan fingerprint density at radius 1 is 1.04 bits per heavy atom. The molecular formula is C17H17N3O3S. The van der Waals surface area contributed by atoms with Crippen molar-refractivity contribution in [1.82, 2.24) is 14.8 Å². The van der Waals surface area contributed by atoms with Crippen LogP contribution in [0.15, 0.2) is 66.0 Å². The van der Waals surface area contributed by atoms with Crippen LogP contribution in [0, 0.1) is 0 Å². The van der Waals surface area contributed by atoms with E-state index in [9.17, 15) is 13.5 Å². The van der Waals surface area contributed by atoms with E-state index in [0.29, 0.717) is 5.56 Å². The summed E-state index contributed by atoms with van der Waals surface area (Å²) in [6, 6.07) is 11.9. The number of rotatable bonds is 5. The van der Waals surface area contributed by atoms with Gasteiger partial charge < -0.3 is 5.11 Å². The Morgan fingerprint density at radius 3 is 2.33 bits per heavy atom. The van der Waals surface area contributed by atoms with Crippen LogP contribution in [0.5, 0.6) is 0 Å². The summed E-state index contributed by atoms with van der Waals surface area (Å²) < 4.78 is 24.7. The van der Waals surface area contributed by atoms with Crippen LogP contribution in [0.1, 0.15) is 11.7 Å². The van der Waals surface area contributed by atoms with Crippen molar-refractivity contribution in [3.8, 4) is 11.3 Å².